The molecule has 0 heterocycles. The predicted molar refractivity (Wildman–Crippen MR) is 86.2 cm³/mol. The molecular formula is C17H17NO4S. The molecule has 3 rings (SSSR count). The van der Waals surface area contributed by atoms with Gasteiger partial charge in [-0.05, 0) is 12.8 Å². The second-order valence-corrected chi connectivity index (χ2v) is 7.43. The van der Waals surface area contributed by atoms with Crippen LogP contribution in [-0.4, -0.2) is 25.3 Å². The van der Waals surface area contributed by atoms with Crippen molar-refractivity contribution in [2.24, 2.45) is 0 Å². The molecule has 0 spiro atoms. The van der Waals surface area contributed by atoms with E-state index in [1.54, 1.807) is 36.4 Å². The van der Waals surface area contributed by atoms with Crippen LogP contribution in [0, 0.1) is 0 Å². The molecule has 120 valence electrons. The average molecular weight is 331 g/mol. The standard InChI is InChI=1S/C17H17NO4S/c19-16(13-7-3-1-4-8-13)17(20,14-9-5-2-6-10-14)23(21,22)18-15-11-12-15/h1-10,15,18,20H,11-12H2. The van der Waals surface area contributed by atoms with Crippen molar-refractivity contribution in [1.82, 2.24) is 4.72 Å². The summed E-state index contributed by atoms with van der Waals surface area (Å²) < 4.78 is 27.9. The van der Waals surface area contributed by atoms with E-state index < -0.39 is 20.7 Å². The Bertz CT molecular complexity index is 801. The van der Waals surface area contributed by atoms with Crippen molar-refractivity contribution in [3.05, 3.63) is 71.8 Å². The van der Waals surface area contributed by atoms with Gasteiger partial charge in [-0.1, -0.05) is 60.7 Å². The molecule has 2 aromatic carbocycles. The van der Waals surface area contributed by atoms with Crippen LogP contribution in [0.5, 0.6) is 0 Å². The third-order valence-corrected chi connectivity index (χ3v) is 5.64. The van der Waals surface area contributed by atoms with Crippen molar-refractivity contribution in [1.29, 1.82) is 0 Å². The zero-order valence-corrected chi connectivity index (χ0v) is 13.2. The van der Waals surface area contributed by atoms with Gasteiger partial charge in [-0.25, -0.2) is 13.1 Å². The fraction of sp³-hybridized carbons (Fsp3) is 0.235. The van der Waals surface area contributed by atoms with Crippen LogP contribution in [0.25, 0.3) is 0 Å². The zero-order chi connectivity index (χ0) is 16.5. The Balaban J connectivity index is 2.12. The highest BCUT2D eigenvalue weighted by molar-refractivity contribution is 7.91. The molecule has 5 nitrogen and oxygen atoms in total. The highest BCUT2D eigenvalue weighted by Gasteiger charge is 2.52. The van der Waals surface area contributed by atoms with E-state index >= 15 is 0 Å². The molecule has 2 N–H and O–H groups in total. The lowest BCUT2D eigenvalue weighted by atomic mass is 9.99. The van der Waals surface area contributed by atoms with E-state index in [0.717, 1.165) is 0 Å². The number of hydrogen-bond acceptors (Lipinski definition) is 4. The fourth-order valence-corrected chi connectivity index (χ4v) is 4.02. The first-order valence-corrected chi connectivity index (χ1v) is 8.83. The van der Waals surface area contributed by atoms with Crippen molar-refractivity contribution < 1.29 is 18.3 Å². The molecule has 0 aliphatic heterocycles. The van der Waals surface area contributed by atoms with Gasteiger partial charge in [0.1, 0.15) is 0 Å². The molecule has 1 fully saturated rings. The Hall–Kier alpha value is -2.02. The van der Waals surface area contributed by atoms with Gasteiger partial charge in [-0.3, -0.25) is 4.79 Å². The first kappa shape index (κ1) is 15.9. The van der Waals surface area contributed by atoms with Crippen LogP contribution < -0.4 is 4.72 Å². The van der Waals surface area contributed by atoms with E-state index in [-0.39, 0.29) is 17.2 Å². The number of rotatable bonds is 6. The summed E-state index contributed by atoms with van der Waals surface area (Å²) in [5.74, 6) is -0.863. The predicted octanol–water partition coefficient (Wildman–Crippen LogP) is 1.80. The second-order valence-electron chi connectivity index (χ2n) is 5.60. The molecule has 1 atom stereocenters. The largest absolute Gasteiger partial charge is 0.364 e. The minimum Gasteiger partial charge on any atom is -0.364 e. The van der Waals surface area contributed by atoms with Crippen LogP contribution in [-0.2, 0) is 15.0 Å². The minimum atomic E-state index is -4.30. The average Bonchev–Trinajstić information content (AvgIpc) is 3.38. The Morgan fingerprint density at radius 1 is 1.00 bits per heavy atom. The Morgan fingerprint density at radius 3 is 2.04 bits per heavy atom. The summed E-state index contributed by atoms with van der Waals surface area (Å²) in [7, 11) is -4.30. The maximum Gasteiger partial charge on any atom is 0.269 e. The maximum atomic E-state index is 12.8. The van der Waals surface area contributed by atoms with Gasteiger partial charge in [0, 0.05) is 17.2 Å². The topological polar surface area (TPSA) is 83.5 Å². The van der Waals surface area contributed by atoms with Gasteiger partial charge in [0.15, 0.2) is 0 Å². The second kappa shape index (κ2) is 5.88. The summed E-state index contributed by atoms with van der Waals surface area (Å²) in [5, 5.41) is 11.0. The van der Waals surface area contributed by atoms with Crippen molar-refractivity contribution in [3.63, 3.8) is 0 Å². The lowest BCUT2D eigenvalue weighted by Gasteiger charge is -2.27. The third kappa shape index (κ3) is 2.93. The molecule has 1 aliphatic rings. The summed E-state index contributed by atoms with van der Waals surface area (Å²) in [6, 6.07) is 15.5. The van der Waals surface area contributed by atoms with Crippen molar-refractivity contribution in [2.45, 2.75) is 23.8 Å². The number of hydrogen-bond donors (Lipinski definition) is 2. The molecule has 1 unspecified atom stereocenters. The number of sulfonamides is 1. The number of ketones is 1. The van der Waals surface area contributed by atoms with E-state index in [2.05, 4.69) is 4.72 Å². The normalized spacial score (nSPS) is 17.4. The molecule has 0 aromatic heterocycles. The number of carbonyl (C=O) groups is 1. The summed E-state index contributed by atoms with van der Waals surface area (Å²) >= 11 is 0. The van der Waals surface area contributed by atoms with Crippen molar-refractivity contribution in [2.75, 3.05) is 0 Å². The van der Waals surface area contributed by atoms with Gasteiger partial charge in [0.25, 0.3) is 15.0 Å². The molecule has 0 amide bonds. The summed E-state index contributed by atoms with van der Waals surface area (Å²) in [5.41, 5.74) is 0.169. The number of Topliss-reactive ketones (excluding diaryl/α,β-unsaturated/α-hetero) is 1. The monoisotopic (exact) mass is 331 g/mol. The van der Waals surface area contributed by atoms with Crippen LogP contribution in [0.1, 0.15) is 28.8 Å². The summed E-state index contributed by atoms with van der Waals surface area (Å²) in [4.78, 5) is 10.2. The summed E-state index contributed by atoms with van der Waals surface area (Å²) in [6.45, 7) is 0. The quantitative estimate of drug-likeness (QED) is 0.791. The SMILES string of the molecule is O=C(c1ccccc1)C(O)(c1ccccc1)S(=O)(=O)NC1CC1. The van der Waals surface area contributed by atoms with Gasteiger partial charge in [0.05, 0.1) is 0 Å². The van der Waals surface area contributed by atoms with Crippen LogP contribution in [0.3, 0.4) is 0 Å². The molecule has 1 aliphatic carbocycles. The Morgan fingerprint density at radius 2 is 1.52 bits per heavy atom. The molecule has 2 aromatic rings. The van der Waals surface area contributed by atoms with Gasteiger partial charge >= 0.3 is 0 Å². The van der Waals surface area contributed by atoms with Crippen LogP contribution in [0.2, 0.25) is 0 Å². The fourth-order valence-electron chi connectivity index (χ4n) is 2.36. The van der Waals surface area contributed by atoms with E-state index in [1.165, 1.54) is 24.3 Å². The molecule has 0 bridgehead atoms. The summed E-state index contributed by atoms with van der Waals surface area (Å²) in [6.07, 6.45) is 1.42. The van der Waals surface area contributed by atoms with Crippen LogP contribution in [0.4, 0.5) is 0 Å². The van der Waals surface area contributed by atoms with Crippen LogP contribution in [0.15, 0.2) is 60.7 Å². The zero-order valence-electron chi connectivity index (χ0n) is 12.3. The lowest BCUT2D eigenvalue weighted by molar-refractivity contribution is 0.0625. The van der Waals surface area contributed by atoms with E-state index in [0.29, 0.717) is 12.8 Å². The highest BCUT2D eigenvalue weighted by atomic mass is 32.2. The minimum absolute atomic E-state index is 0.0296. The number of carbonyl (C=O) groups excluding carboxylic acids is 1. The van der Waals surface area contributed by atoms with E-state index in [1.807, 2.05) is 0 Å². The molecular weight excluding hydrogens is 314 g/mol. The van der Waals surface area contributed by atoms with Crippen molar-refractivity contribution >= 4 is 15.8 Å². The molecule has 0 saturated heterocycles. The van der Waals surface area contributed by atoms with Crippen molar-refractivity contribution in [3.8, 4) is 0 Å². The van der Waals surface area contributed by atoms with Crippen LogP contribution >= 0.6 is 0 Å². The molecule has 23 heavy (non-hydrogen) atoms. The first-order valence-electron chi connectivity index (χ1n) is 7.35. The van der Waals surface area contributed by atoms with E-state index in [9.17, 15) is 18.3 Å². The molecule has 1 saturated carbocycles. The number of aliphatic hydroxyl groups is 1. The molecule has 6 heteroatoms. The van der Waals surface area contributed by atoms with E-state index in [4.69, 9.17) is 0 Å². The maximum absolute atomic E-state index is 12.8. The third-order valence-electron chi connectivity index (χ3n) is 3.80. The first-order chi connectivity index (χ1) is 10.9. The Labute approximate surface area is 135 Å². The van der Waals surface area contributed by atoms with Gasteiger partial charge in [0.2, 0.25) is 5.78 Å². The smallest absolute Gasteiger partial charge is 0.269 e. The lowest BCUT2D eigenvalue weighted by Crippen LogP contribution is -2.50. The highest BCUT2D eigenvalue weighted by Crippen LogP contribution is 2.33. The molecule has 0 radical (unpaired) electrons. The number of benzene rings is 2. The van der Waals surface area contributed by atoms with Gasteiger partial charge < -0.3 is 5.11 Å². The Kier molecular flexibility index (Phi) is 4.06. The number of nitrogens with one attached hydrogen (secondary N) is 1. The van der Waals surface area contributed by atoms with Gasteiger partial charge in [-0.15, -0.1) is 0 Å². The van der Waals surface area contributed by atoms with Gasteiger partial charge in [-0.2, -0.15) is 0 Å².